The molecule has 1 fully saturated rings. The lowest BCUT2D eigenvalue weighted by atomic mass is 9.99. The van der Waals surface area contributed by atoms with Crippen LogP contribution in [0.1, 0.15) is 46.5 Å². The van der Waals surface area contributed by atoms with Gasteiger partial charge in [-0.3, -0.25) is 19.7 Å². The van der Waals surface area contributed by atoms with Gasteiger partial charge in [0.15, 0.2) is 13.2 Å². The van der Waals surface area contributed by atoms with Gasteiger partial charge < -0.3 is 15.6 Å². The van der Waals surface area contributed by atoms with Crippen LogP contribution in [0, 0.1) is 5.92 Å². The summed E-state index contributed by atoms with van der Waals surface area (Å²) in [6, 6.07) is -0.640. The van der Waals surface area contributed by atoms with Gasteiger partial charge in [0.1, 0.15) is 0 Å². The number of carbonyl (C=O) groups is 2. The molecule has 1 aliphatic heterocycles. The Labute approximate surface area is 138 Å². The maximum Gasteiger partial charge on any atom is 0.265 e. The van der Waals surface area contributed by atoms with Gasteiger partial charge in [-0.1, -0.05) is 27.2 Å². The molecule has 3 unspecified atom stereocenters. The quantitative estimate of drug-likeness (QED) is 0.281. The Morgan fingerprint density at radius 2 is 2.13 bits per heavy atom. The van der Waals surface area contributed by atoms with Crippen LogP contribution in [0.15, 0.2) is 0 Å². The Balaban J connectivity index is 2.87. The van der Waals surface area contributed by atoms with Crippen LogP contribution in [-0.2, 0) is 14.2 Å². The fourth-order valence-electron chi connectivity index (χ4n) is 2.53. The average Bonchev–Trinajstić information content (AvgIpc) is 2.54. The predicted molar refractivity (Wildman–Crippen MR) is 90.7 cm³/mol. The van der Waals surface area contributed by atoms with E-state index in [0.29, 0.717) is 25.9 Å². The number of piperidine rings is 1. The van der Waals surface area contributed by atoms with Crippen molar-refractivity contribution in [3.63, 3.8) is 0 Å². The molecule has 0 aliphatic carbocycles. The zero-order valence-corrected chi connectivity index (χ0v) is 15.2. The Morgan fingerprint density at radius 3 is 2.70 bits per heavy atom. The van der Waals surface area contributed by atoms with Crippen molar-refractivity contribution >= 4 is 19.8 Å². The van der Waals surface area contributed by atoms with Gasteiger partial charge in [-0.2, -0.15) is 0 Å². The highest BCUT2D eigenvalue weighted by atomic mass is 31.1. The predicted octanol–water partition coefficient (Wildman–Crippen LogP) is 0.143. The van der Waals surface area contributed by atoms with E-state index in [0.717, 1.165) is 17.9 Å². The molecule has 0 aromatic heterocycles. The minimum atomic E-state index is -2.75. The molecule has 1 rings (SSSR count). The second-order valence-corrected chi connectivity index (χ2v) is 8.04. The van der Waals surface area contributed by atoms with Gasteiger partial charge in [0, 0.05) is 13.1 Å². The lowest BCUT2D eigenvalue weighted by Crippen LogP contribution is -2.61. The number of nitrogens with two attached hydrogens (primary N) is 2. The molecular weight excluding hydrogens is 317 g/mol. The highest BCUT2D eigenvalue weighted by Gasteiger charge is 2.46. The number of rotatable bonds is 8. The molecule has 0 aromatic carbocycles. The second kappa shape index (κ2) is 8.78. The Kier molecular flexibility index (Phi) is 7.67. The number of nitrogens with one attached hydrogen (secondary N) is 2. The molecule has 8 nitrogen and oxygen atoms in total. The first-order chi connectivity index (χ1) is 10.8. The van der Waals surface area contributed by atoms with Crippen LogP contribution in [0.25, 0.3) is 0 Å². The first kappa shape index (κ1) is 20.1. The van der Waals surface area contributed by atoms with Crippen LogP contribution in [-0.4, -0.2) is 41.2 Å². The molecule has 0 bridgehead atoms. The van der Waals surface area contributed by atoms with Crippen LogP contribution in [0.3, 0.4) is 0 Å². The molecule has 134 valence electrons. The Hall–Kier alpha value is -0.950. The van der Waals surface area contributed by atoms with Crippen molar-refractivity contribution < 1.29 is 14.2 Å². The minimum absolute atomic E-state index is 0.0305. The molecule has 2 amide bonds. The monoisotopic (exact) mass is 347 g/mol. The van der Waals surface area contributed by atoms with E-state index in [-0.39, 0.29) is 11.8 Å². The van der Waals surface area contributed by atoms with E-state index in [1.54, 1.807) is 0 Å². The Bertz CT molecular complexity index is 462. The molecule has 9 heteroatoms. The van der Waals surface area contributed by atoms with E-state index in [1.807, 2.05) is 20.8 Å². The largest absolute Gasteiger partial charge is 0.355 e. The molecule has 6 N–H and O–H groups in total. The van der Waals surface area contributed by atoms with Gasteiger partial charge in [0.2, 0.25) is 5.91 Å². The molecule has 0 radical (unpaired) electrons. The van der Waals surface area contributed by atoms with Crippen LogP contribution < -0.4 is 22.0 Å². The molecule has 23 heavy (non-hydrogen) atoms. The van der Waals surface area contributed by atoms with Gasteiger partial charge >= 0.3 is 0 Å². The summed E-state index contributed by atoms with van der Waals surface area (Å²) in [5.74, 6) is 4.84. The smallest absolute Gasteiger partial charge is 0.265 e. The van der Waals surface area contributed by atoms with Crippen molar-refractivity contribution in [2.45, 2.75) is 57.8 Å². The third kappa shape index (κ3) is 4.76. The summed E-state index contributed by atoms with van der Waals surface area (Å²) in [7, 11) is -2.75. The Morgan fingerprint density at radius 1 is 1.48 bits per heavy atom. The lowest BCUT2D eigenvalue weighted by Gasteiger charge is -2.37. The van der Waals surface area contributed by atoms with Crippen LogP contribution >= 0.6 is 7.95 Å². The van der Waals surface area contributed by atoms with Gasteiger partial charge in [-0.05, 0) is 25.2 Å². The molecule has 0 spiro atoms. The molecule has 1 saturated heterocycles. The molecular formula is C14H30N5O3P. The molecule has 0 aromatic rings. The standard InChI is InChI=1S/C14H30N5O3P/c1-4-8-17-12(20)11(10(3)5-2)18-23(22)14(15)7-6-9-19(16)13(14)21/h10-11,23H,4-9,15-16H2,1-3H3,(H,17,20)(H,18,22)/t10?,11?,14-/m0/s1. The summed E-state index contributed by atoms with van der Waals surface area (Å²) in [4.78, 5) is 24.5. The van der Waals surface area contributed by atoms with E-state index >= 15 is 0 Å². The topological polar surface area (TPSA) is 131 Å². The van der Waals surface area contributed by atoms with E-state index in [9.17, 15) is 14.2 Å². The first-order valence-electron chi connectivity index (χ1n) is 8.22. The van der Waals surface area contributed by atoms with Gasteiger partial charge in [0.05, 0.1) is 6.04 Å². The lowest BCUT2D eigenvalue weighted by molar-refractivity contribution is -0.137. The summed E-state index contributed by atoms with van der Waals surface area (Å²) in [6.07, 6.45) is 2.44. The minimum Gasteiger partial charge on any atom is -0.355 e. The first-order valence-corrected chi connectivity index (χ1v) is 9.62. The maximum absolute atomic E-state index is 12.8. The third-order valence-electron chi connectivity index (χ3n) is 4.35. The van der Waals surface area contributed by atoms with Crippen molar-refractivity contribution in [1.82, 2.24) is 15.4 Å². The molecule has 1 aliphatic rings. The fourth-order valence-corrected chi connectivity index (χ4v) is 4.23. The van der Waals surface area contributed by atoms with E-state index in [4.69, 9.17) is 11.6 Å². The average molecular weight is 347 g/mol. The van der Waals surface area contributed by atoms with E-state index in [2.05, 4.69) is 10.4 Å². The SMILES string of the molecule is CCCNC(=O)C(N[PH](=O)[C@@]1(N)CCCN(N)C1=O)C(C)CC. The maximum atomic E-state index is 12.8. The number of amides is 2. The zero-order chi connectivity index (χ0) is 17.6. The summed E-state index contributed by atoms with van der Waals surface area (Å²) in [5.41, 5.74) is 6.09. The molecule has 1 heterocycles. The van der Waals surface area contributed by atoms with Crippen molar-refractivity contribution in [2.24, 2.45) is 17.5 Å². The summed E-state index contributed by atoms with van der Waals surface area (Å²) < 4.78 is 12.8. The van der Waals surface area contributed by atoms with Crippen LogP contribution in [0.2, 0.25) is 0 Å². The number of hydrogen-bond acceptors (Lipinski definition) is 5. The fraction of sp³-hybridized carbons (Fsp3) is 0.857. The van der Waals surface area contributed by atoms with Crippen molar-refractivity contribution in [2.75, 3.05) is 13.1 Å². The van der Waals surface area contributed by atoms with E-state index < -0.39 is 25.2 Å². The normalized spacial score (nSPS) is 25.8. The zero-order valence-electron chi connectivity index (χ0n) is 14.2. The van der Waals surface area contributed by atoms with Crippen molar-refractivity contribution in [3.8, 4) is 0 Å². The highest BCUT2D eigenvalue weighted by molar-refractivity contribution is 7.45. The number of hydrogen-bond donors (Lipinski definition) is 4. The molecule has 0 saturated carbocycles. The van der Waals surface area contributed by atoms with Crippen LogP contribution in [0.4, 0.5) is 0 Å². The van der Waals surface area contributed by atoms with Crippen LogP contribution in [0.5, 0.6) is 0 Å². The molecule has 4 atom stereocenters. The third-order valence-corrected chi connectivity index (χ3v) is 6.20. The number of nitrogens with zero attached hydrogens (tertiary/aromatic N) is 1. The van der Waals surface area contributed by atoms with Crippen molar-refractivity contribution in [3.05, 3.63) is 0 Å². The number of hydrazine groups is 1. The van der Waals surface area contributed by atoms with Gasteiger partial charge in [0.25, 0.3) is 5.91 Å². The van der Waals surface area contributed by atoms with Gasteiger partial charge in [-0.15, -0.1) is 0 Å². The second-order valence-electron chi connectivity index (χ2n) is 6.20. The number of carbonyl (C=O) groups excluding carboxylic acids is 2. The summed E-state index contributed by atoms with van der Waals surface area (Å²) in [6.45, 7) is 6.77. The summed E-state index contributed by atoms with van der Waals surface area (Å²) >= 11 is 0. The highest BCUT2D eigenvalue weighted by Crippen LogP contribution is 2.39. The van der Waals surface area contributed by atoms with Crippen molar-refractivity contribution in [1.29, 1.82) is 0 Å². The van der Waals surface area contributed by atoms with E-state index in [1.165, 1.54) is 0 Å². The summed E-state index contributed by atoms with van der Waals surface area (Å²) in [5, 5.41) is 5.14. The van der Waals surface area contributed by atoms with Gasteiger partial charge in [-0.25, -0.2) is 5.84 Å².